The zero-order valence-corrected chi connectivity index (χ0v) is 26.2. The Bertz CT molecular complexity index is 1750. The monoisotopic (exact) mass is 665 g/mol. The van der Waals surface area contributed by atoms with E-state index in [1.165, 1.54) is 46.9 Å². The first kappa shape index (κ1) is 32.0. The lowest BCUT2D eigenvalue weighted by Gasteiger charge is -2.44. The normalized spacial score (nSPS) is 18.4. The molecule has 1 aromatic carbocycles. The number of nitrogens with zero attached hydrogens (tertiary/aromatic N) is 5. The van der Waals surface area contributed by atoms with E-state index in [9.17, 15) is 27.2 Å². The van der Waals surface area contributed by atoms with E-state index in [0.717, 1.165) is 17.4 Å². The van der Waals surface area contributed by atoms with E-state index in [4.69, 9.17) is 11.6 Å². The van der Waals surface area contributed by atoms with Gasteiger partial charge in [-0.1, -0.05) is 18.2 Å². The lowest BCUT2D eigenvalue weighted by atomic mass is 10.0. The van der Waals surface area contributed by atoms with Crippen LogP contribution in [0.3, 0.4) is 0 Å². The fourth-order valence-corrected chi connectivity index (χ4v) is 8.07. The zero-order valence-electron chi connectivity index (χ0n) is 23.8. The van der Waals surface area contributed by atoms with Crippen LogP contribution >= 0.6 is 34.7 Å². The van der Waals surface area contributed by atoms with E-state index in [-0.39, 0.29) is 40.6 Å². The number of aromatic nitrogens is 3. The van der Waals surface area contributed by atoms with Crippen molar-refractivity contribution in [2.75, 3.05) is 23.7 Å². The standard InChI is InChI=1S/C25H24ClF3N4O2S2.C5H4FN/c1-4-19(34)33-13(2)10-31(11-14(33)3)23-16-9-17(25(27,28)29)20(18-8-15(26)12-37-18)22-21(16)32(24(35)30-23)6-5-7-36-22;6-5-2-1-3-7-4-5/h4,8-9,12-14H,1,5-7,10-11H2,2-3H3;1-4H. The number of benzene rings is 1. The summed E-state index contributed by atoms with van der Waals surface area (Å²) in [5.41, 5.74) is -0.754. The van der Waals surface area contributed by atoms with Crippen LogP contribution in [-0.2, 0) is 17.5 Å². The molecule has 3 aromatic heterocycles. The molecule has 0 bridgehead atoms. The number of thiophene rings is 1. The van der Waals surface area contributed by atoms with Crippen LogP contribution in [0.25, 0.3) is 21.3 Å². The van der Waals surface area contributed by atoms with Gasteiger partial charge in [0.15, 0.2) is 0 Å². The second kappa shape index (κ2) is 12.9. The Morgan fingerprint density at radius 3 is 2.48 bits per heavy atom. The molecule has 0 saturated carbocycles. The third kappa shape index (κ3) is 6.36. The molecule has 0 radical (unpaired) electrons. The molecular formula is C30H28ClF4N5O2S2. The van der Waals surface area contributed by atoms with Crippen molar-refractivity contribution in [3.8, 4) is 10.4 Å². The summed E-state index contributed by atoms with van der Waals surface area (Å²) in [7, 11) is 0. The first-order valence-corrected chi connectivity index (χ1v) is 16.0. The van der Waals surface area contributed by atoms with E-state index < -0.39 is 17.4 Å². The van der Waals surface area contributed by atoms with E-state index in [0.29, 0.717) is 52.1 Å². The van der Waals surface area contributed by atoms with E-state index in [1.807, 2.05) is 18.7 Å². The first-order valence-electron chi connectivity index (χ1n) is 13.7. The Balaban J connectivity index is 0.000000484. The molecule has 14 heteroatoms. The summed E-state index contributed by atoms with van der Waals surface area (Å²) < 4.78 is 57.0. The Hall–Kier alpha value is -3.42. The molecule has 7 nitrogen and oxygen atoms in total. The highest BCUT2D eigenvalue weighted by molar-refractivity contribution is 7.99. The summed E-state index contributed by atoms with van der Waals surface area (Å²) in [6, 6.07) is 5.06. The van der Waals surface area contributed by atoms with Gasteiger partial charge in [-0.2, -0.15) is 18.2 Å². The summed E-state index contributed by atoms with van der Waals surface area (Å²) in [5.74, 6) is 0.277. The van der Waals surface area contributed by atoms with Gasteiger partial charge in [0.05, 0.1) is 22.3 Å². The third-order valence-electron chi connectivity index (χ3n) is 7.36. The predicted molar refractivity (Wildman–Crippen MR) is 167 cm³/mol. The minimum atomic E-state index is -4.64. The average Bonchev–Trinajstić information content (AvgIpc) is 3.27. The van der Waals surface area contributed by atoms with Gasteiger partial charge in [-0.3, -0.25) is 14.3 Å². The minimum Gasteiger partial charge on any atom is -0.352 e. The van der Waals surface area contributed by atoms with Crippen LogP contribution < -0.4 is 10.6 Å². The van der Waals surface area contributed by atoms with E-state index >= 15 is 0 Å². The van der Waals surface area contributed by atoms with Crippen LogP contribution in [0.1, 0.15) is 25.8 Å². The van der Waals surface area contributed by atoms with Gasteiger partial charge in [0.2, 0.25) is 5.91 Å². The van der Waals surface area contributed by atoms with Crippen molar-refractivity contribution in [1.82, 2.24) is 19.4 Å². The lowest BCUT2D eigenvalue weighted by Crippen LogP contribution is -2.58. The Morgan fingerprint density at radius 1 is 1.20 bits per heavy atom. The fraction of sp³-hybridized carbons (Fsp3) is 0.333. The topological polar surface area (TPSA) is 71.3 Å². The number of rotatable bonds is 3. The van der Waals surface area contributed by atoms with Gasteiger partial charge < -0.3 is 9.80 Å². The average molecular weight is 666 g/mol. The van der Waals surface area contributed by atoms with Gasteiger partial charge in [0.1, 0.15) is 11.6 Å². The lowest BCUT2D eigenvalue weighted by molar-refractivity contribution is -0.137. The van der Waals surface area contributed by atoms with Gasteiger partial charge >= 0.3 is 11.9 Å². The van der Waals surface area contributed by atoms with Crippen LogP contribution in [0.15, 0.2) is 64.4 Å². The maximum absolute atomic E-state index is 14.6. The zero-order chi connectivity index (χ0) is 31.8. The number of thioether (sulfide) groups is 1. The molecule has 2 aliphatic heterocycles. The molecule has 2 aliphatic rings. The molecular weight excluding hydrogens is 638 g/mol. The quantitative estimate of drug-likeness (QED) is 0.171. The second-order valence-electron chi connectivity index (χ2n) is 10.4. The van der Waals surface area contributed by atoms with Gasteiger partial charge in [-0.15, -0.1) is 23.1 Å². The minimum absolute atomic E-state index is 0.0530. The highest BCUT2D eigenvalue weighted by atomic mass is 35.5. The van der Waals surface area contributed by atoms with Crippen molar-refractivity contribution < 1.29 is 22.4 Å². The molecule has 2 atom stereocenters. The van der Waals surface area contributed by atoms with Crippen molar-refractivity contribution in [2.24, 2.45) is 0 Å². The number of hydrogen-bond acceptors (Lipinski definition) is 7. The SMILES string of the molecule is C=CC(=O)N1C(C)CN(c2nc(=O)n3c4c(c(-c5cc(Cl)cs5)c(C(F)(F)F)cc24)SCCC3)CC1C.Fc1cccnc1. The van der Waals surface area contributed by atoms with E-state index in [2.05, 4.69) is 16.5 Å². The maximum Gasteiger partial charge on any atom is 0.417 e. The number of carbonyl (C=O) groups is 1. The predicted octanol–water partition coefficient (Wildman–Crippen LogP) is 7.13. The van der Waals surface area contributed by atoms with Crippen LogP contribution in [0.5, 0.6) is 0 Å². The Morgan fingerprint density at radius 2 is 1.93 bits per heavy atom. The van der Waals surface area contributed by atoms with Crippen molar-refractivity contribution in [3.63, 3.8) is 0 Å². The fourth-order valence-electron chi connectivity index (χ4n) is 5.67. The number of pyridine rings is 1. The highest BCUT2D eigenvalue weighted by Crippen LogP contribution is 2.49. The summed E-state index contributed by atoms with van der Waals surface area (Å²) >= 11 is 8.58. The number of carbonyl (C=O) groups excluding carboxylic acids is 1. The number of aryl methyl sites for hydroxylation is 1. The van der Waals surface area contributed by atoms with Gasteiger partial charge in [-0.25, -0.2) is 9.18 Å². The maximum atomic E-state index is 14.6. The molecule has 0 N–H and O–H groups in total. The molecule has 44 heavy (non-hydrogen) atoms. The molecule has 4 aromatic rings. The summed E-state index contributed by atoms with van der Waals surface area (Å²) in [6.45, 7) is 8.31. The second-order valence-corrected chi connectivity index (χ2v) is 12.9. The van der Waals surface area contributed by atoms with Crippen molar-refractivity contribution in [1.29, 1.82) is 0 Å². The number of alkyl halides is 3. The Labute approximate surface area is 264 Å². The first-order chi connectivity index (χ1) is 20.9. The van der Waals surface area contributed by atoms with Crippen molar-refractivity contribution >= 4 is 57.3 Å². The Kier molecular flexibility index (Phi) is 9.38. The summed E-state index contributed by atoms with van der Waals surface area (Å²) in [4.78, 5) is 37.8. The molecule has 1 saturated heterocycles. The number of anilines is 1. The molecule has 1 fully saturated rings. The molecule has 0 spiro atoms. The van der Waals surface area contributed by atoms with Crippen LogP contribution in [0.2, 0.25) is 5.02 Å². The molecule has 232 valence electrons. The van der Waals surface area contributed by atoms with E-state index in [1.54, 1.807) is 16.3 Å². The molecule has 6 rings (SSSR count). The molecule has 0 aliphatic carbocycles. The van der Waals surface area contributed by atoms with Gasteiger partial charge in [-0.05, 0) is 56.4 Å². The third-order valence-corrected chi connectivity index (χ3v) is 9.84. The molecule has 2 unspecified atom stereocenters. The summed E-state index contributed by atoms with van der Waals surface area (Å²) in [5, 5.41) is 2.25. The van der Waals surface area contributed by atoms with Crippen LogP contribution in [0, 0.1) is 5.82 Å². The molecule has 1 amide bonds. The highest BCUT2D eigenvalue weighted by Gasteiger charge is 2.39. The van der Waals surface area contributed by atoms with Gasteiger partial charge in [0, 0.05) is 64.0 Å². The number of hydrogen-bond donors (Lipinski definition) is 0. The van der Waals surface area contributed by atoms with Crippen LogP contribution in [0.4, 0.5) is 23.4 Å². The number of piperazine rings is 1. The van der Waals surface area contributed by atoms with Crippen molar-refractivity contribution in [3.05, 3.63) is 81.6 Å². The smallest absolute Gasteiger partial charge is 0.352 e. The number of amides is 1. The van der Waals surface area contributed by atoms with Crippen molar-refractivity contribution in [2.45, 2.75) is 50.0 Å². The van der Waals surface area contributed by atoms with Crippen LogP contribution in [-0.4, -0.2) is 56.3 Å². The number of halogens is 5. The molecule has 5 heterocycles. The van der Waals surface area contributed by atoms with Gasteiger partial charge in [0.25, 0.3) is 0 Å². The summed E-state index contributed by atoms with van der Waals surface area (Å²) in [6.07, 6.45) is -0.0669. The largest absolute Gasteiger partial charge is 0.417 e.